The summed E-state index contributed by atoms with van der Waals surface area (Å²) in [5.41, 5.74) is 9.17. The van der Waals surface area contributed by atoms with Crippen molar-refractivity contribution in [2.45, 2.75) is 20.8 Å². The van der Waals surface area contributed by atoms with Crippen LogP contribution in [0.5, 0.6) is 0 Å². The van der Waals surface area contributed by atoms with E-state index in [4.69, 9.17) is 5.73 Å². The lowest BCUT2D eigenvalue weighted by molar-refractivity contribution is 0.639. The van der Waals surface area contributed by atoms with Gasteiger partial charge in [0.15, 0.2) is 0 Å². The second-order valence-electron chi connectivity index (χ2n) is 4.34. The third-order valence-electron chi connectivity index (χ3n) is 2.23. The molecule has 2 nitrogen and oxygen atoms in total. The molecule has 0 fully saturated rings. The molecule has 0 radical (unpaired) electrons. The topological polar surface area (TPSA) is 29.3 Å². The van der Waals surface area contributed by atoms with Crippen LogP contribution in [-0.2, 0) is 0 Å². The van der Waals surface area contributed by atoms with E-state index in [1.807, 2.05) is 6.07 Å². The molecule has 1 aromatic rings. The Hall–Kier alpha value is -1.18. The number of hydrogen-bond acceptors (Lipinski definition) is 2. The summed E-state index contributed by atoms with van der Waals surface area (Å²) in [5, 5.41) is 0. The van der Waals surface area contributed by atoms with Crippen LogP contribution in [0.2, 0.25) is 0 Å². The smallest absolute Gasteiger partial charge is 0.0597 e. The van der Waals surface area contributed by atoms with Crippen molar-refractivity contribution in [2.75, 3.05) is 24.2 Å². The second-order valence-corrected chi connectivity index (χ2v) is 4.34. The number of nitrogens with two attached hydrogens (primary N) is 1. The Morgan fingerprint density at radius 2 is 2.00 bits per heavy atom. The Kier molecular flexibility index (Phi) is 3.39. The number of nitrogens with zero attached hydrogens (tertiary/aromatic N) is 1. The Morgan fingerprint density at radius 1 is 1.36 bits per heavy atom. The summed E-state index contributed by atoms with van der Waals surface area (Å²) in [7, 11) is 2.08. The zero-order valence-corrected chi connectivity index (χ0v) is 9.54. The molecule has 0 saturated heterocycles. The Bertz CT molecular complexity index is 305. The summed E-state index contributed by atoms with van der Waals surface area (Å²) in [6.07, 6.45) is 0. The van der Waals surface area contributed by atoms with Crippen LogP contribution in [-0.4, -0.2) is 13.6 Å². The lowest BCUT2D eigenvalue weighted by Gasteiger charge is -2.23. The van der Waals surface area contributed by atoms with E-state index in [0.717, 1.165) is 17.9 Å². The predicted molar refractivity (Wildman–Crippen MR) is 63.7 cm³/mol. The lowest BCUT2D eigenvalue weighted by atomic mass is 10.1. The average molecular weight is 192 g/mol. The standard InChI is InChI=1S/C12H20N2/c1-9(2)8-14(4)12-6-5-10(3)7-11(12)13/h5-7,9H,8,13H2,1-4H3. The van der Waals surface area contributed by atoms with Crippen LogP contribution in [0.1, 0.15) is 19.4 Å². The SMILES string of the molecule is Cc1ccc(N(C)CC(C)C)c(N)c1. The van der Waals surface area contributed by atoms with E-state index in [1.165, 1.54) is 5.56 Å². The fourth-order valence-corrected chi connectivity index (χ4v) is 1.67. The highest BCUT2D eigenvalue weighted by Crippen LogP contribution is 2.23. The monoisotopic (exact) mass is 192 g/mol. The minimum absolute atomic E-state index is 0.653. The minimum atomic E-state index is 0.653. The van der Waals surface area contributed by atoms with Gasteiger partial charge in [-0.3, -0.25) is 0 Å². The van der Waals surface area contributed by atoms with Crippen molar-refractivity contribution in [3.05, 3.63) is 23.8 Å². The van der Waals surface area contributed by atoms with Crippen LogP contribution in [0, 0.1) is 12.8 Å². The largest absolute Gasteiger partial charge is 0.397 e. The molecule has 2 N–H and O–H groups in total. The molecule has 1 aromatic carbocycles. The van der Waals surface area contributed by atoms with Gasteiger partial charge in [-0.25, -0.2) is 0 Å². The molecule has 0 aliphatic rings. The Labute approximate surface area is 86.7 Å². The average Bonchev–Trinajstić information content (AvgIpc) is 2.01. The molecule has 0 aliphatic carbocycles. The third-order valence-corrected chi connectivity index (χ3v) is 2.23. The molecule has 1 rings (SSSR count). The summed E-state index contributed by atoms with van der Waals surface area (Å²) in [6, 6.07) is 6.21. The van der Waals surface area contributed by atoms with E-state index in [9.17, 15) is 0 Å². The van der Waals surface area contributed by atoms with Gasteiger partial charge in [-0.2, -0.15) is 0 Å². The van der Waals surface area contributed by atoms with E-state index < -0.39 is 0 Å². The van der Waals surface area contributed by atoms with Crippen LogP contribution < -0.4 is 10.6 Å². The highest BCUT2D eigenvalue weighted by atomic mass is 15.1. The number of rotatable bonds is 3. The molecule has 0 atom stereocenters. The maximum atomic E-state index is 5.96. The number of anilines is 2. The number of hydrogen-bond donors (Lipinski definition) is 1. The van der Waals surface area contributed by atoms with Crippen LogP contribution in [0.4, 0.5) is 11.4 Å². The molecule has 0 aromatic heterocycles. The van der Waals surface area contributed by atoms with Gasteiger partial charge in [0.1, 0.15) is 0 Å². The van der Waals surface area contributed by atoms with E-state index in [-0.39, 0.29) is 0 Å². The summed E-state index contributed by atoms with van der Waals surface area (Å²) in [6.45, 7) is 7.51. The molecule has 14 heavy (non-hydrogen) atoms. The van der Waals surface area contributed by atoms with Crippen LogP contribution in [0.25, 0.3) is 0 Å². The maximum Gasteiger partial charge on any atom is 0.0597 e. The van der Waals surface area contributed by atoms with Crippen LogP contribution >= 0.6 is 0 Å². The zero-order valence-electron chi connectivity index (χ0n) is 9.54. The van der Waals surface area contributed by atoms with E-state index in [1.54, 1.807) is 0 Å². The van der Waals surface area contributed by atoms with Crippen molar-refractivity contribution in [2.24, 2.45) is 5.92 Å². The molecule has 78 valence electrons. The van der Waals surface area contributed by atoms with Gasteiger partial charge < -0.3 is 10.6 Å². The lowest BCUT2D eigenvalue weighted by Crippen LogP contribution is -2.23. The van der Waals surface area contributed by atoms with Gasteiger partial charge >= 0.3 is 0 Å². The molecule has 0 heterocycles. The highest BCUT2D eigenvalue weighted by Gasteiger charge is 2.06. The first-order chi connectivity index (χ1) is 6.50. The number of nitrogen functional groups attached to an aromatic ring is 1. The van der Waals surface area contributed by atoms with Gasteiger partial charge in [0.2, 0.25) is 0 Å². The van der Waals surface area contributed by atoms with Gasteiger partial charge in [0, 0.05) is 13.6 Å². The molecule has 2 heteroatoms. The molecule has 0 spiro atoms. The zero-order chi connectivity index (χ0) is 10.7. The van der Waals surface area contributed by atoms with Crippen molar-refractivity contribution in [3.63, 3.8) is 0 Å². The van der Waals surface area contributed by atoms with Crippen molar-refractivity contribution in [1.82, 2.24) is 0 Å². The first-order valence-electron chi connectivity index (χ1n) is 5.08. The van der Waals surface area contributed by atoms with Crippen molar-refractivity contribution in [3.8, 4) is 0 Å². The number of benzene rings is 1. The summed E-state index contributed by atoms with van der Waals surface area (Å²) in [4.78, 5) is 2.21. The van der Waals surface area contributed by atoms with Crippen molar-refractivity contribution < 1.29 is 0 Å². The molecule has 0 unspecified atom stereocenters. The predicted octanol–water partition coefficient (Wildman–Crippen LogP) is 2.67. The molecular weight excluding hydrogens is 172 g/mol. The summed E-state index contributed by atoms with van der Waals surface area (Å²) in [5.74, 6) is 0.653. The summed E-state index contributed by atoms with van der Waals surface area (Å²) >= 11 is 0. The van der Waals surface area contributed by atoms with Crippen LogP contribution in [0.15, 0.2) is 18.2 Å². The minimum Gasteiger partial charge on any atom is -0.397 e. The van der Waals surface area contributed by atoms with Gasteiger partial charge in [-0.15, -0.1) is 0 Å². The normalized spacial score (nSPS) is 10.6. The maximum absolute atomic E-state index is 5.96. The van der Waals surface area contributed by atoms with E-state index in [0.29, 0.717) is 5.92 Å². The molecule has 0 bridgehead atoms. The van der Waals surface area contributed by atoms with Crippen molar-refractivity contribution in [1.29, 1.82) is 0 Å². The van der Waals surface area contributed by atoms with E-state index in [2.05, 4.69) is 44.9 Å². The first-order valence-corrected chi connectivity index (χ1v) is 5.08. The Balaban J connectivity index is 2.84. The number of aryl methyl sites for hydroxylation is 1. The second kappa shape index (κ2) is 4.36. The fraction of sp³-hybridized carbons (Fsp3) is 0.500. The van der Waals surface area contributed by atoms with Gasteiger partial charge in [0.05, 0.1) is 11.4 Å². The van der Waals surface area contributed by atoms with E-state index >= 15 is 0 Å². The van der Waals surface area contributed by atoms with Gasteiger partial charge in [-0.05, 0) is 30.5 Å². The van der Waals surface area contributed by atoms with Crippen molar-refractivity contribution >= 4 is 11.4 Å². The molecule has 0 aliphatic heterocycles. The Morgan fingerprint density at radius 3 is 2.50 bits per heavy atom. The highest BCUT2D eigenvalue weighted by molar-refractivity contribution is 5.68. The summed E-state index contributed by atoms with van der Waals surface area (Å²) < 4.78 is 0. The molecule has 0 amide bonds. The molecular formula is C12H20N2. The third kappa shape index (κ3) is 2.66. The van der Waals surface area contributed by atoms with Gasteiger partial charge in [-0.1, -0.05) is 19.9 Å². The van der Waals surface area contributed by atoms with Crippen LogP contribution in [0.3, 0.4) is 0 Å². The first kappa shape index (κ1) is 10.9. The van der Waals surface area contributed by atoms with Gasteiger partial charge in [0.25, 0.3) is 0 Å². The fourth-order valence-electron chi connectivity index (χ4n) is 1.67. The molecule has 0 saturated carbocycles. The quantitative estimate of drug-likeness (QED) is 0.746.